The van der Waals surface area contributed by atoms with Crippen LogP contribution in [0.2, 0.25) is 5.02 Å². The minimum absolute atomic E-state index is 0.239. The van der Waals surface area contributed by atoms with E-state index in [9.17, 15) is 4.79 Å². The van der Waals surface area contributed by atoms with Crippen molar-refractivity contribution in [1.29, 1.82) is 0 Å². The largest absolute Gasteiger partial charge is 0.496 e. The van der Waals surface area contributed by atoms with Gasteiger partial charge in [0.25, 0.3) is 5.91 Å². The fraction of sp³-hybridized carbons (Fsp3) is 0.267. The number of methoxy groups -OCH3 is 2. The monoisotopic (exact) mass is 309 g/mol. The van der Waals surface area contributed by atoms with Crippen molar-refractivity contribution < 1.29 is 18.7 Å². The Bertz CT molecular complexity index is 624. The first-order valence-electron chi connectivity index (χ1n) is 6.32. The van der Waals surface area contributed by atoms with Crippen molar-refractivity contribution in [2.24, 2.45) is 0 Å². The average Bonchev–Trinajstić information content (AvgIpc) is 2.94. The van der Waals surface area contributed by atoms with Gasteiger partial charge in [-0.05, 0) is 30.3 Å². The lowest BCUT2D eigenvalue weighted by atomic mass is 10.2. The van der Waals surface area contributed by atoms with Gasteiger partial charge in [-0.25, -0.2) is 0 Å². The van der Waals surface area contributed by atoms with Crippen molar-refractivity contribution in [2.45, 2.75) is 13.2 Å². The predicted octanol–water partition coefficient (Wildman–Crippen LogP) is 3.02. The van der Waals surface area contributed by atoms with Crippen molar-refractivity contribution in [3.05, 3.63) is 52.4 Å². The number of carbonyl (C=O) groups excluding carboxylic acids is 1. The molecule has 0 bridgehead atoms. The quantitative estimate of drug-likeness (QED) is 0.891. The van der Waals surface area contributed by atoms with E-state index in [1.165, 1.54) is 0 Å². The summed E-state index contributed by atoms with van der Waals surface area (Å²) in [7, 11) is 3.13. The Morgan fingerprint density at radius 1 is 1.29 bits per heavy atom. The van der Waals surface area contributed by atoms with Crippen LogP contribution in [0.1, 0.15) is 21.9 Å². The molecule has 21 heavy (non-hydrogen) atoms. The van der Waals surface area contributed by atoms with E-state index in [0.717, 1.165) is 5.56 Å². The number of amides is 1. The maximum atomic E-state index is 12.0. The third kappa shape index (κ3) is 4.00. The minimum atomic E-state index is -0.306. The third-order valence-corrected chi connectivity index (χ3v) is 3.09. The van der Waals surface area contributed by atoms with Crippen LogP contribution in [0.5, 0.6) is 5.75 Å². The second-order valence-corrected chi connectivity index (χ2v) is 4.77. The van der Waals surface area contributed by atoms with Crippen LogP contribution in [0.25, 0.3) is 0 Å². The van der Waals surface area contributed by atoms with E-state index in [1.54, 1.807) is 44.6 Å². The van der Waals surface area contributed by atoms with Crippen LogP contribution in [-0.2, 0) is 17.9 Å². The summed E-state index contributed by atoms with van der Waals surface area (Å²) in [4.78, 5) is 12.0. The van der Waals surface area contributed by atoms with Crippen LogP contribution in [0, 0.1) is 0 Å². The lowest BCUT2D eigenvalue weighted by Gasteiger charge is -2.09. The van der Waals surface area contributed by atoms with Gasteiger partial charge < -0.3 is 19.2 Å². The summed E-state index contributed by atoms with van der Waals surface area (Å²) >= 11 is 5.94. The van der Waals surface area contributed by atoms with Gasteiger partial charge in [0.15, 0.2) is 5.76 Å². The molecule has 0 aliphatic heterocycles. The molecule has 0 radical (unpaired) electrons. The van der Waals surface area contributed by atoms with Gasteiger partial charge in [-0.15, -0.1) is 0 Å². The van der Waals surface area contributed by atoms with Gasteiger partial charge in [0.1, 0.15) is 18.1 Å². The summed E-state index contributed by atoms with van der Waals surface area (Å²) in [6.45, 7) is 0.623. The highest BCUT2D eigenvalue weighted by Crippen LogP contribution is 2.22. The Hall–Kier alpha value is -1.98. The van der Waals surface area contributed by atoms with Crippen molar-refractivity contribution in [2.75, 3.05) is 14.2 Å². The first-order chi connectivity index (χ1) is 10.1. The molecule has 0 atom stereocenters. The van der Waals surface area contributed by atoms with Gasteiger partial charge in [-0.1, -0.05) is 11.6 Å². The van der Waals surface area contributed by atoms with Crippen LogP contribution < -0.4 is 10.1 Å². The molecule has 1 N–H and O–H groups in total. The van der Waals surface area contributed by atoms with E-state index in [2.05, 4.69) is 5.32 Å². The minimum Gasteiger partial charge on any atom is -0.496 e. The van der Waals surface area contributed by atoms with Crippen LogP contribution >= 0.6 is 11.6 Å². The molecule has 1 heterocycles. The molecule has 0 aliphatic rings. The van der Waals surface area contributed by atoms with E-state index < -0.39 is 0 Å². The second-order valence-electron chi connectivity index (χ2n) is 4.34. The van der Waals surface area contributed by atoms with Gasteiger partial charge in [-0.3, -0.25) is 4.79 Å². The first kappa shape index (κ1) is 15.4. The average molecular weight is 310 g/mol. The molecule has 5 nitrogen and oxygen atoms in total. The normalized spacial score (nSPS) is 10.4. The molecule has 2 rings (SSSR count). The number of ether oxygens (including phenoxy) is 2. The summed E-state index contributed by atoms with van der Waals surface area (Å²) in [6, 6.07) is 8.55. The Morgan fingerprint density at radius 2 is 2.10 bits per heavy atom. The Morgan fingerprint density at radius 3 is 2.81 bits per heavy atom. The zero-order chi connectivity index (χ0) is 15.2. The fourth-order valence-corrected chi connectivity index (χ4v) is 2.06. The molecule has 112 valence electrons. The third-order valence-electron chi connectivity index (χ3n) is 2.85. The van der Waals surface area contributed by atoms with Crippen molar-refractivity contribution >= 4 is 17.5 Å². The summed E-state index contributed by atoms with van der Waals surface area (Å²) in [5.74, 6) is 1.20. The summed E-state index contributed by atoms with van der Waals surface area (Å²) < 4.78 is 15.5. The number of furan rings is 1. The molecule has 0 fully saturated rings. The lowest BCUT2D eigenvalue weighted by molar-refractivity contribution is 0.0914. The molecular formula is C15H16ClNO4. The van der Waals surface area contributed by atoms with E-state index in [4.69, 9.17) is 25.5 Å². The standard InChI is InChI=1S/C15H16ClNO4/c1-19-9-12-4-6-14(21-12)15(18)17-8-10-7-11(16)3-5-13(10)20-2/h3-7H,8-9H2,1-2H3,(H,17,18). The van der Waals surface area contributed by atoms with Crippen LogP contribution in [-0.4, -0.2) is 20.1 Å². The highest BCUT2D eigenvalue weighted by Gasteiger charge is 2.12. The van der Waals surface area contributed by atoms with E-state index in [-0.39, 0.29) is 11.7 Å². The van der Waals surface area contributed by atoms with Crippen molar-refractivity contribution in [3.8, 4) is 5.75 Å². The lowest BCUT2D eigenvalue weighted by Crippen LogP contribution is -2.22. The number of rotatable bonds is 6. The van der Waals surface area contributed by atoms with Crippen LogP contribution in [0.4, 0.5) is 0 Å². The summed E-state index contributed by atoms with van der Waals surface area (Å²) in [5, 5.41) is 3.34. The molecule has 0 saturated carbocycles. The first-order valence-corrected chi connectivity index (χ1v) is 6.70. The highest BCUT2D eigenvalue weighted by atomic mass is 35.5. The van der Waals surface area contributed by atoms with Gasteiger partial charge in [-0.2, -0.15) is 0 Å². The van der Waals surface area contributed by atoms with E-state index in [0.29, 0.717) is 29.7 Å². The molecule has 1 amide bonds. The predicted molar refractivity (Wildman–Crippen MR) is 78.6 cm³/mol. The molecule has 0 unspecified atom stereocenters. The number of hydrogen-bond acceptors (Lipinski definition) is 4. The smallest absolute Gasteiger partial charge is 0.287 e. The number of hydrogen-bond donors (Lipinski definition) is 1. The molecule has 6 heteroatoms. The Kier molecular flexibility index (Phi) is 5.25. The Balaban J connectivity index is 2.01. The van der Waals surface area contributed by atoms with Crippen molar-refractivity contribution in [3.63, 3.8) is 0 Å². The Labute approximate surface area is 127 Å². The summed E-state index contributed by atoms with van der Waals surface area (Å²) in [6.07, 6.45) is 0. The maximum Gasteiger partial charge on any atom is 0.287 e. The number of halogens is 1. The van der Waals surface area contributed by atoms with Crippen LogP contribution in [0.15, 0.2) is 34.7 Å². The zero-order valence-corrected chi connectivity index (χ0v) is 12.6. The maximum absolute atomic E-state index is 12.0. The molecule has 1 aromatic carbocycles. The number of nitrogens with one attached hydrogen (secondary N) is 1. The molecule has 1 aromatic heterocycles. The molecule has 2 aromatic rings. The molecular weight excluding hydrogens is 294 g/mol. The number of benzene rings is 1. The molecule has 0 saturated heterocycles. The van der Waals surface area contributed by atoms with E-state index >= 15 is 0 Å². The van der Waals surface area contributed by atoms with Crippen molar-refractivity contribution in [1.82, 2.24) is 5.32 Å². The highest BCUT2D eigenvalue weighted by molar-refractivity contribution is 6.30. The van der Waals surface area contributed by atoms with Gasteiger partial charge in [0, 0.05) is 24.2 Å². The SMILES string of the molecule is COCc1ccc(C(=O)NCc2cc(Cl)ccc2OC)o1. The topological polar surface area (TPSA) is 60.7 Å². The molecule has 0 aliphatic carbocycles. The van der Waals surface area contributed by atoms with E-state index in [1.807, 2.05) is 0 Å². The van der Waals surface area contributed by atoms with Gasteiger partial charge in [0.2, 0.25) is 0 Å². The second kappa shape index (κ2) is 7.15. The molecule has 0 spiro atoms. The summed E-state index contributed by atoms with van der Waals surface area (Å²) in [5.41, 5.74) is 0.794. The van der Waals surface area contributed by atoms with Gasteiger partial charge >= 0.3 is 0 Å². The van der Waals surface area contributed by atoms with Gasteiger partial charge in [0.05, 0.1) is 7.11 Å². The fourth-order valence-electron chi connectivity index (χ4n) is 1.87. The number of carbonyl (C=O) groups is 1. The zero-order valence-electron chi connectivity index (χ0n) is 11.8. The van der Waals surface area contributed by atoms with Crippen LogP contribution in [0.3, 0.4) is 0 Å².